The predicted molar refractivity (Wildman–Crippen MR) is 118 cm³/mol. The smallest absolute Gasteiger partial charge is 0.258 e. The van der Waals surface area contributed by atoms with E-state index in [9.17, 15) is 9.59 Å². The van der Waals surface area contributed by atoms with Crippen LogP contribution in [0, 0.1) is 0 Å². The second-order valence-electron chi connectivity index (χ2n) is 8.91. The molecule has 1 spiro atoms. The third kappa shape index (κ3) is 4.17. The van der Waals surface area contributed by atoms with Crippen LogP contribution in [0.3, 0.4) is 0 Å². The lowest BCUT2D eigenvalue weighted by Gasteiger charge is -2.44. The number of benzene rings is 2. The van der Waals surface area contributed by atoms with Crippen LogP contribution in [0.4, 0.5) is 0 Å². The Morgan fingerprint density at radius 1 is 1.03 bits per heavy atom. The lowest BCUT2D eigenvalue weighted by Crippen LogP contribution is -2.61. The summed E-state index contributed by atoms with van der Waals surface area (Å²) in [5.41, 5.74) is 1.25. The van der Waals surface area contributed by atoms with Crippen molar-refractivity contribution in [1.82, 2.24) is 15.1 Å². The first-order valence-electron chi connectivity index (χ1n) is 11.3. The molecule has 3 heterocycles. The van der Waals surface area contributed by atoms with Crippen molar-refractivity contribution >= 4 is 11.8 Å². The second kappa shape index (κ2) is 8.35. The molecule has 1 unspecified atom stereocenters. The van der Waals surface area contributed by atoms with Crippen LogP contribution in [0.2, 0.25) is 0 Å². The Bertz CT molecular complexity index is 953. The number of piperidine rings is 2. The number of nitrogens with zero attached hydrogens (tertiary/aromatic N) is 2. The van der Waals surface area contributed by atoms with Gasteiger partial charge >= 0.3 is 0 Å². The van der Waals surface area contributed by atoms with E-state index in [1.165, 1.54) is 5.56 Å². The minimum Gasteiger partial charge on any atom is -0.467 e. The molecule has 31 heavy (non-hydrogen) atoms. The molecule has 6 nitrogen and oxygen atoms in total. The summed E-state index contributed by atoms with van der Waals surface area (Å²) in [6.07, 6.45) is 3.53. The van der Waals surface area contributed by atoms with Crippen molar-refractivity contribution in [3.05, 3.63) is 65.7 Å². The lowest BCUT2D eigenvalue weighted by atomic mass is 9.90. The quantitative estimate of drug-likeness (QED) is 0.831. The molecule has 2 aromatic carbocycles. The molecule has 5 rings (SSSR count). The van der Waals surface area contributed by atoms with E-state index >= 15 is 0 Å². The van der Waals surface area contributed by atoms with Crippen molar-refractivity contribution in [2.45, 2.75) is 37.3 Å². The van der Waals surface area contributed by atoms with Crippen LogP contribution in [0.25, 0.3) is 0 Å². The zero-order chi connectivity index (χ0) is 21.3. The first kappa shape index (κ1) is 20.1. The maximum absolute atomic E-state index is 13.0. The van der Waals surface area contributed by atoms with Gasteiger partial charge in [0.1, 0.15) is 5.75 Å². The first-order valence-corrected chi connectivity index (χ1v) is 11.3. The Morgan fingerprint density at radius 3 is 2.58 bits per heavy atom. The van der Waals surface area contributed by atoms with Crippen LogP contribution in [-0.4, -0.2) is 60.1 Å². The Balaban J connectivity index is 1.17. The van der Waals surface area contributed by atoms with E-state index in [2.05, 4.69) is 34.5 Å². The molecule has 1 N–H and O–H groups in total. The summed E-state index contributed by atoms with van der Waals surface area (Å²) in [6.45, 7) is 3.53. The molecule has 162 valence electrons. The van der Waals surface area contributed by atoms with E-state index in [1.807, 2.05) is 29.2 Å². The van der Waals surface area contributed by atoms with Gasteiger partial charge in [0, 0.05) is 44.9 Å². The summed E-state index contributed by atoms with van der Waals surface area (Å²) in [6, 6.07) is 17.9. The number of amides is 2. The van der Waals surface area contributed by atoms with Gasteiger partial charge in [0.15, 0.2) is 5.72 Å². The molecule has 2 saturated heterocycles. The number of hydrogen-bond donors (Lipinski definition) is 1. The zero-order valence-corrected chi connectivity index (χ0v) is 17.8. The standard InChI is InChI=1S/C25H29N3O3/c29-23(28-14-6-9-20(17-28)19-7-2-1-3-8-19)18-27-15-12-25(13-16-27)26-24(30)21-10-4-5-11-22(21)31-25/h1-5,7-8,10-11,20H,6,9,12-18H2,(H,26,30). The molecule has 0 radical (unpaired) electrons. The normalized spacial score (nSPS) is 23.0. The van der Waals surface area contributed by atoms with Crippen molar-refractivity contribution in [3.63, 3.8) is 0 Å². The zero-order valence-electron chi connectivity index (χ0n) is 17.8. The van der Waals surface area contributed by atoms with Crippen LogP contribution >= 0.6 is 0 Å². The monoisotopic (exact) mass is 419 g/mol. The number of fused-ring (bicyclic) bond motifs is 1. The van der Waals surface area contributed by atoms with Crippen molar-refractivity contribution in [1.29, 1.82) is 0 Å². The highest BCUT2D eigenvalue weighted by atomic mass is 16.5. The van der Waals surface area contributed by atoms with Crippen molar-refractivity contribution in [2.75, 3.05) is 32.7 Å². The van der Waals surface area contributed by atoms with Crippen LogP contribution in [-0.2, 0) is 4.79 Å². The van der Waals surface area contributed by atoms with Crippen LogP contribution < -0.4 is 10.1 Å². The highest BCUT2D eigenvalue weighted by Crippen LogP contribution is 2.33. The molecule has 3 aliphatic heterocycles. The lowest BCUT2D eigenvalue weighted by molar-refractivity contribution is -0.134. The van der Waals surface area contributed by atoms with E-state index in [-0.39, 0.29) is 11.8 Å². The van der Waals surface area contributed by atoms with Gasteiger partial charge in [0.25, 0.3) is 5.91 Å². The third-order valence-corrected chi connectivity index (χ3v) is 6.85. The highest BCUT2D eigenvalue weighted by molar-refractivity contribution is 5.98. The van der Waals surface area contributed by atoms with Gasteiger partial charge in [-0.3, -0.25) is 14.5 Å². The number of carbonyl (C=O) groups is 2. The van der Waals surface area contributed by atoms with Crippen molar-refractivity contribution < 1.29 is 14.3 Å². The van der Waals surface area contributed by atoms with Gasteiger partial charge in [-0.2, -0.15) is 0 Å². The number of carbonyl (C=O) groups excluding carboxylic acids is 2. The van der Waals surface area contributed by atoms with E-state index in [4.69, 9.17) is 4.74 Å². The molecule has 0 saturated carbocycles. The predicted octanol–water partition coefficient (Wildman–Crippen LogP) is 3.01. The van der Waals surface area contributed by atoms with E-state index < -0.39 is 5.72 Å². The number of hydrogen-bond acceptors (Lipinski definition) is 4. The summed E-state index contributed by atoms with van der Waals surface area (Å²) < 4.78 is 6.21. The fourth-order valence-electron chi connectivity index (χ4n) is 5.05. The molecule has 1 atom stereocenters. The van der Waals surface area contributed by atoms with Gasteiger partial charge in [-0.15, -0.1) is 0 Å². The topological polar surface area (TPSA) is 61.9 Å². The molecular weight excluding hydrogens is 390 g/mol. The Kier molecular flexibility index (Phi) is 5.40. The maximum atomic E-state index is 13.0. The van der Waals surface area contributed by atoms with E-state index in [0.29, 0.717) is 36.6 Å². The average molecular weight is 420 g/mol. The van der Waals surface area contributed by atoms with Gasteiger partial charge in [-0.1, -0.05) is 42.5 Å². The molecule has 0 aliphatic carbocycles. The van der Waals surface area contributed by atoms with Gasteiger partial charge in [0.2, 0.25) is 5.91 Å². The van der Waals surface area contributed by atoms with Crippen LogP contribution in [0.1, 0.15) is 47.5 Å². The average Bonchev–Trinajstić information content (AvgIpc) is 2.81. The third-order valence-electron chi connectivity index (χ3n) is 6.85. The Labute approximate surface area is 183 Å². The Morgan fingerprint density at radius 2 is 1.77 bits per heavy atom. The van der Waals surface area contributed by atoms with Gasteiger partial charge in [0.05, 0.1) is 12.1 Å². The van der Waals surface area contributed by atoms with E-state index in [0.717, 1.165) is 39.0 Å². The number of likely N-dealkylation sites (tertiary alicyclic amines) is 2. The van der Waals surface area contributed by atoms with E-state index in [1.54, 1.807) is 6.07 Å². The summed E-state index contributed by atoms with van der Waals surface area (Å²) in [5.74, 6) is 1.20. The largest absolute Gasteiger partial charge is 0.467 e. The van der Waals surface area contributed by atoms with Crippen molar-refractivity contribution in [2.24, 2.45) is 0 Å². The Hall–Kier alpha value is -2.86. The number of ether oxygens (including phenoxy) is 1. The molecule has 3 aliphatic rings. The number of para-hydroxylation sites is 1. The molecule has 2 fully saturated rings. The molecule has 0 aromatic heterocycles. The summed E-state index contributed by atoms with van der Waals surface area (Å²) in [7, 11) is 0. The van der Waals surface area contributed by atoms with Crippen molar-refractivity contribution in [3.8, 4) is 5.75 Å². The summed E-state index contributed by atoms with van der Waals surface area (Å²) in [4.78, 5) is 29.7. The number of rotatable bonds is 3. The molecular formula is C25H29N3O3. The fourth-order valence-corrected chi connectivity index (χ4v) is 5.05. The summed E-state index contributed by atoms with van der Waals surface area (Å²) in [5, 5.41) is 3.07. The molecule has 6 heteroatoms. The van der Waals surface area contributed by atoms with Crippen LogP contribution in [0.5, 0.6) is 5.75 Å². The maximum Gasteiger partial charge on any atom is 0.258 e. The fraction of sp³-hybridized carbons (Fsp3) is 0.440. The van der Waals surface area contributed by atoms with Gasteiger partial charge < -0.3 is 15.0 Å². The van der Waals surface area contributed by atoms with Gasteiger partial charge in [-0.05, 0) is 30.5 Å². The minimum atomic E-state index is -0.658. The summed E-state index contributed by atoms with van der Waals surface area (Å²) >= 11 is 0. The van der Waals surface area contributed by atoms with Gasteiger partial charge in [-0.25, -0.2) is 0 Å². The second-order valence-corrected chi connectivity index (χ2v) is 8.91. The highest BCUT2D eigenvalue weighted by Gasteiger charge is 2.42. The minimum absolute atomic E-state index is 0.0772. The molecule has 0 bridgehead atoms. The molecule has 2 amide bonds. The first-order chi connectivity index (χ1) is 15.1. The SMILES string of the molecule is O=C1NC2(CCN(CC(=O)N3CCCC(c4ccccc4)C3)CC2)Oc2ccccc21. The van der Waals surface area contributed by atoms with Crippen LogP contribution in [0.15, 0.2) is 54.6 Å². The molecule has 2 aromatic rings. The number of nitrogens with one attached hydrogen (secondary N) is 1.